The first-order chi connectivity index (χ1) is 10.8. The number of fused-ring (bicyclic) bond motifs is 1. The summed E-state index contributed by atoms with van der Waals surface area (Å²) in [5, 5.41) is 0. The first-order valence-electron chi connectivity index (χ1n) is 8.62. The van der Waals surface area contributed by atoms with Gasteiger partial charge in [0.1, 0.15) is 11.9 Å². The van der Waals surface area contributed by atoms with Crippen LogP contribution < -0.4 is 0 Å². The van der Waals surface area contributed by atoms with Crippen molar-refractivity contribution in [2.75, 3.05) is 26.2 Å². The van der Waals surface area contributed by atoms with Crippen molar-refractivity contribution >= 4 is 11.0 Å². The fourth-order valence-electron chi connectivity index (χ4n) is 3.35. The van der Waals surface area contributed by atoms with Crippen LogP contribution in [0, 0.1) is 0 Å². The number of hydrogen-bond acceptors (Lipinski definition) is 3. The fraction of sp³-hybridized carbons (Fsp3) is 0.611. The number of ether oxygens (including phenoxy) is 1. The summed E-state index contributed by atoms with van der Waals surface area (Å²) in [7, 11) is 0. The molecule has 1 fully saturated rings. The van der Waals surface area contributed by atoms with E-state index >= 15 is 0 Å². The van der Waals surface area contributed by atoms with Crippen molar-refractivity contribution in [3.8, 4) is 0 Å². The van der Waals surface area contributed by atoms with E-state index in [1.165, 1.54) is 5.52 Å². The van der Waals surface area contributed by atoms with E-state index in [4.69, 9.17) is 9.72 Å². The van der Waals surface area contributed by atoms with Gasteiger partial charge in [0.15, 0.2) is 0 Å². The first kappa shape index (κ1) is 15.5. The molecule has 4 heteroatoms. The van der Waals surface area contributed by atoms with Gasteiger partial charge in [0.05, 0.1) is 11.0 Å². The molecule has 22 heavy (non-hydrogen) atoms. The summed E-state index contributed by atoms with van der Waals surface area (Å²) in [6.45, 7) is 9.74. The molecule has 0 N–H and O–H groups in total. The van der Waals surface area contributed by atoms with Gasteiger partial charge in [-0.1, -0.05) is 26.0 Å². The number of aromatic nitrogens is 2. The van der Waals surface area contributed by atoms with E-state index in [1.54, 1.807) is 0 Å². The minimum atomic E-state index is 0.181. The summed E-state index contributed by atoms with van der Waals surface area (Å²) < 4.78 is 8.27. The minimum absolute atomic E-state index is 0.181. The van der Waals surface area contributed by atoms with Crippen LogP contribution in [-0.2, 0) is 11.3 Å². The van der Waals surface area contributed by atoms with Crippen molar-refractivity contribution in [3.05, 3.63) is 30.1 Å². The molecular weight excluding hydrogens is 274 g/mol. The summed E-state index contributed by atoms with van der Waals surface area (Å²) >= 11 is 0. The van der Waals surface area contributed by atoms with Gasteiger partial charge in [-0.15, -0.1) is 0 Å². The van der Waals surface area contributed by atoms with Gasteiger partial charge in [0.2, 0.25) is 0 Å². The molecule has 0 aliphatic carbocycles. The lowest BCUT2D eigenvalue weighted by Gasteiger charge is -2.19. The molecule has 0 saturated carbocycles. The molecule has 1 aliphatic heterocycles. The van der Waals surface area contributed by atoms with Crippen molar-refractivity contribution < 1.29 is 4.74 Å². The minimum Gasteiger partial charge on any atom is -0.370 e. The highest BCUT2D eigenvalue weighted by molar-refractivity contribution is 5.76. The molecule has 1 saturated heterocycles. The molecule has 0 spiro atoms. The maximum Gasteiger partial charge on any atom is 0.139 e. The summed E-state index contributed by atoms with van der Waals surface area (Å²) in [5.74, 6) is 1.12. The van der Waals surface area contributed by atoms with Crippen LogP contribution in [-0.4, -0.2) is 40.7 Å². The van der Waals surface area contributed by atoms with Crippen LogP contribution in [0.25, 0.3) is 11.0 Å². The largest absolute Gasteiger partial charge is 0.370 e. The Morgan fingerprint density at radius 2 is 2.09 bits per heavy atom. The van der Waals surface area contributed by atoms with Crippen molar-refractivity contribution in [1.29, 1.82) is 0 Å². The topological polar surface area (TPSA) is 30.3 Å². The Morgan fingerprint density at radius 3 is 2.82 bits per heavy atom. The van der Waals surface area contributed by atoms with Crippen molar-refractivity contribution in [3.63, 3.8) is 0 Å². The lowest BCUT2D eigenvalue weighted by molar-refractivity contribution is 0.102. The quantitative estimate of drug-likeness (QED) is 0.782. The van der Waals surface area contributed by atoms with E-state index in [9.17, 15) is 0 Å². The molecule has 120 valence electrons. The third-order valence-electron chi connectivity index (χ3n) is 4.65. The van der Waals surface area contributed by atoms with Gasteiger partial charge in [-0.2, -0.15) is 0 Å². The van der Waals surface area contributed by atoms with Crippen LogP contribution in [0.3, 0.4) is 0 Å². The normalized spacial score (nSPS) is 18.6. The number of nitrogens with zero attached hydrogens (tertiary/aromatic N) is 3. The first-order valence-corrected chi connectivity index (χ1v) is 8.62. The summed E-state index contributed by atoms with van der Waals surface area (Å²) in [4.78, 5) is 7.33. The summed E-state index contributed by atoms with van der Waals surface area (Å²) in [6, 6.07) is 8.45. The van der Waals surface area contributed by atoms with E-state index in [0.717, 1.165) is 63.4 Å². The highest BCUT2D eigenvalue weighted by Gasteiger charge is 2.24. The molecule has 1 unspecified atom stereocenters. The highest BCUT2D eigenvalue weighted by Crippen LogP contribution is 2.30. The summed E-state index contributed by atoms with van der Waals surface area (Å²) in [5.41, 5.74) is 2.34. The maximum absolute atomic E-state index is 5.89. The molecule has 0 bridgehead atoms. The van der Waals surface area contributed by atoms with Crippen molar-refractivity contribution in [2.45, 2.75) is 45.8 Å². The Kier molecular flexibility index (Phi) is 5.11. The second-order valence-corrected chi connectivity index (χ2v) is 5.99. The number of rotatable bonds is 7. The van der Waals surface area contributed by atoms with Gasteiger partial charge in [0, 0.05) is 13.2 Å². The standard InChI is InChI=1S/C18H27N3O/c1-3-20(4-2)12-8-13-21-16-10-6-5-9-15(16)19-18(21)17-11-7-14-22-17/h5-6,9-10,17H,3-4,7-8,11-14H2,1-2H3. The smallest absolute Gasteiger partial charge is 0.139 e. The van der Waals surface area contributed by atoms with Crippen molar-refractivity contribution in [2.24, 2.45) is 0 Å². The zero-order valence-electron chi connectivity index (χ0n) is 13.8. The van der Waals surface area contributed by atoms with Crippen LogP contribution in [0.5, 0.6) is 0 Å². The molecule has 1 aliphatic rings. The lowest BCUT2D eigenvalue weighted by Crippen LogP contribution is -2.25. The van der Waals surface area contributed by atoms with Gasteiger partial charge in [-0.05, 0) is 51.0 Å². The number of benzene rings is 1. The average molecular weight is 301 g/mol. The van der Waals surface area contributed by atoms with E-state index < -0.39 is 0 Å². The Balaban J connectivity index is 1.81. The SMILES string of the molecule is CCN(CC)CCCn1c(C2CCCO2)nc2ccccc21. The average Bonchev–Trinajstić information content (AvgIpc) is 3.19. The van der Waals surface area contributed by atoms with Crippen molar-refractivity contribution in [1.82, 2.24) is 14.5 Å². The molecule has 2 heterocycles. The molecule has 0 radical (unpaired) electrons. The van der Waals surface area contributed by atoms with Gasteiger partial charge >= 0.3 is 0 Å². The molecule has 0 amide bonds. The molecule has 1 aromatic heterocycles. The molecule has 1 aromatic carbocycles. The number of para-hydroxylation sites is 2. The van der Waals surface area contributed by atoms with Crippen LogP contribution in [0.2, 0.25) is 0 Å². The number of hydrogen-bond donors (Lipinski definition) is 0. The van der Waals surface area contributed by atoms with E-state index in [2.05, 4.69) is 47.6 Å². The van der Waals surface area contributed by atoms with Crippen LogP contribution in [0.1, 0.15) is 45.0 Å². The Bertz CT molecular complexity index is 597. The second kappa shape index (κ2) is 7.25. The molecule has 4 nitrogen and oxygen atoms in total. The van der Waals surface area contributed by atoms with E-state index in [0.29, 0.717) is 0 Å². The maximum atomic E-state index is 5.89. The highest BCUT2D eigenvalue weighted by atomic mass is 16.5. The lowest BCUT2D eigenvalue weighted by atomic mass is 10.2. The number of imidazole rings is 1. The van der Waals surface area contributed by atoms with Crippen LogP contribution in [0.15, 0.2) is 24.3 Å². The molecule has 2 aromatic rings. The number of aryl methyl sites for hydroxylation is 1. The zero-order chi connectivity index (χ0) is 15.4. The van der Waals surface area contributed by atoms with Gasteiger partial charge < -0.3 is 14.2 Å². The van der Waals surface area contributed by atoms with Gasteiger partial charge in [-0.3, -0.25) is 0 Å². The predicted octanol–water partition coefficient (Wildman–Crippen LogP) is 3.62. The molecular formula is C18H27N3O. The second-order valence-electron chi connectivity index (χ2n) is 5.99. The van der Waals surface area contributed by atoms with Crippen LogP contribution >= 0.6 is 0 Å². The summed E-state index contributed by atoms with van der Waals surface area (Å²) in [6.07, 6.45) is 3.58. The Morgan fingerprint density at radius 1 is 1.27 bits per heavy atom. The van der Waals surface area contributed by atoms with Gasteiger partial charge in [-0.25, -0.2) is 4.98 Å². The van der Waals surface area contributed by atoms with Crippen LogP contribution in [0.4, 0.5) is 0 Å². The third-order valence-corrected chi connectivity index (χ3v) is 4.65. The monoisotopic (exact) mass is 301 g/mol. The Labute approximate surface area is 133 Å². The molecule has 3 rings (SSSR count). The third kappa shape index (κ3) is 3.18. The van der Waals surface area contributed by atoms with E-state index in [1.807, 2.05) is 0 Å². The zero-order valence-corrected chi connectivity index (χ0v) is 13.8. The predicted molar refractivity (Wildman–Crippen MR) is 90.1 cm³/mol. The fourth-order valence-corrected chi connectivity index (χ4v) is 3.35. The van der Waals surface area contributed by atoms with E-state index in [-0.39, 0.29) is 6.10 Å². The molecule has 1 atom stereocenters. The Hall–Kier alpha value is -1.39. The van der Waals surface area contributed by atoms with Gasteiger partial charge in [0.25, 0.3) is 0 Å².